The quantitative estimate of drug-likeness (QED) is 0.696. The van der Waals surface area contributed by atoms with Crippen LogP contribution in [0.2, 0.25) is 0 Å². The summed E-state index contributed by atoms with van der Waals surface area (Å²) in [6.07, 6.45) is 1.54. The summed E-state index contributed by atoms with van der Waals surface area (Å²) in [4.78, 5) is 0.119. The molecule has 23 heavy (non-hydrogen) atoms. The van der Waals surface area contributed by atoms with Crippen molar-refractivity contribution < 1.29 is 16.8 Å². The minimum atomic E-state index is -3.68. The lowest BCUT2D eigenvalue weighted by molar-refractivity contribution is 0.393. The van der Waals surface area contributed by atoms with Crippen LogP contribution in [-0.4, -0.2) is 52.6 Å². The van der Waals surface area contributed by atoms with Crippen molar-refractivity contribution >= 4 is 32.5 Å². The van der Waals surface area contributed by atoms with Crippen molar-refractivity contribution in [3.8, 4) is 0 Å². The Balaban J connectivity index is 0.00000264. The van der Waals surface area contributed by atoms with Crippen LogP contribution in [0, 0.1) is 0 Å². The van der Waals surface area contributed by atoms with Crippen molar-refractivity contribution in [2.24, 2.45) is 5.73 Å². The van der Waals surface area contributed by atoms with E-state index in [9.17, 15) is 16.8 Å². The van der Waals surface area contributed by atoms with Crippen molar-refractivity contribution in [1.82, 2.24) is 9.03 Å². The third kappa shape index (κ3) is 5.13. The minimum absolute atomic E-state index is 0. The lowest BCUT2D eigenvalue weighted by atomic mass is 10.2. The predicted molar refractivity (Wildman–Crippen MR) is 91.4 cm³/mol. The van der Waals surface area contributed by atoms with Gasteiger partial charge in [-0.25, -0.2) is 21.6 Å². The number of nitrogens with one attached hydrogen (secondary N) is 1. The van der Waals surface area contributed by atoms with Crippen LogP contribution in [0.5, 0.6) is 0 Å². The van der Waals surface area contributed by atoms with Crippen LogP contribution < -0.4 is 10.5 Å². The van der Waals surface area contributed by atoms with Gasteiger partial charge in [0.1, 0.15) is 0 Å². The van der Waals surface area contributed by atoms with Gasteiger partial charge >= 0.3 is 0 Å². The number of nitrogens with two attached hydrogens (primary N) is 1. The maximum atomic E-state index is 12.3. The molecule has 1 fully saturated rings. The standard InChI is InChI=1S/C13H21N3O4S2.ClH/c14-11-12-5-4-9-16(12)21(17,18)10-8-15-22(19,20)13-6-2-1-3-7-13;/h1-3,6-7,12,15H,4-5,8-11,14H2;1H. The molecule has 1 aliphatic heterocycles. The lowest BCUT2D eigenvalue weighted by Crippen LogP contribution is -2.43. The summed E-state index contributed by atoms with van der Waals surface area (Å²) in [5.74, 6) is -0.268. The number of benzene rings is 1. The second-order valence-corrected chi connectivity index (χ2v) is 8.98. The molecule has 1 atom stereocenters. The molecule has 7 nitrogen and oxygen atoms in total. The van der Waals surface area contributed by atoms with Crippen molar-refractivity contribution in [2.75, 3.05) is 25.4 Å². The molecule has 1 heterocycles. The van der Waals surface area contributed by atoms with Gasteiger partial charge < -0.3 is 5.73 Å². The zero-order valence-corrected chi connectivity index (χ0v) is 15.0. The molecule has 1 aromatic carbocycles. The Morgan fingerprint density at radius 3 is 2.43 bits per heavy atom. The van der Waals surface area contributed by atoms with Crippen LogP contribution in [0.1, 0.15) is 12.8 Å². The molecular weight excluding hydrogens is 362 g/mol. The topological polar surface area (TPSA) is 110 Å². The molecule has 1 unspecified atom stereocenters. The minimum Gasteiger partial charge on any atom is -0.329 e. The summed E-state index contributed by atoms with van der Waals surface area (Å²) >= 11 is 0. The van der Waals surface area contributed by atoms with Crippen LogP contribution in [-0.2, 0) is 20.0 Å². The number of halogens is 1. The first-order valence-corrected chi connectivity index (χ1v) is 10.2. The van der Waals surface area contributed by atoms with Crippen molar-refractivity contribution in [1.29, 1.82) is 0 Å². The van der Waals surface area contributed by atoms with Gasteiger partial charge in [-0.3, -0.25) is 0 Å². The van der Waals surface area contributed by atoms with Crippen LogP contribution in [0.4, 0.5) is 0 Å². The monoisotopic (exact) mass is 383 g/mol. The molecule has 2 rings (SSSR count). The Morgan fingerprint density at radius 1 is 1.17 bits per heavy atom. The third-order valence-electron chi connectivity index (χ3n) is 3.66. The van der Waals surface area contributed by atoms with Crippen LogP contribution >= 0.6 is 12.4 Å². The van der Waals surface area contributed by atoms with E-state index >= 15 is 0 Å². The molecule has 0 radical (unpaired) electrons. The molecule has 1 aromatic rings. The average molecular weight is 384 g/mol. The first-order chi connectivity index (χ1) is 10.4. The van der Waals surface area contributed by atoms with Gasteiger partial charge in [0.25, 0.3) is 0 Å². The van der Waals surface area contributed by atoms with Crippen molar-refractivity contribution in [3.63, 3.8) is 0 Å². The maximum absolute atomic E-state index is 12.3. The molecule has 0 bridgehead atoms. The first kappa shape index (κ1) is 20.3. The van der Waals surface area contributed by atoms with Gasteiger partial charge in [0.2, 0.25) is 20.0 Å². The van der Waals surface area contributed by atoms with Crippen molar-refractivity contribution in [2.45, 2.75) is 23.8 Å². The molecule has 10 heteroatoms. The largest absolute Gasteiger partial charge is 0.329 e. The normalized spacial score (nSPS) is 19.4. The fraction of sp³-hybridized carbons (Fsp3) is 0.538. The highest BCUT2D eigenvalue weighted by Gasteiger charge is 2.33. The molecule has 1 aliphatic rings. The molecule has 0 aromatic heterocycles. The molecule has 0 aliphatic carbocycles. The Labute approximate surface area is 143 Å². The molecule has 0 saturated carbocycles. The first-order valence-electron chi connectivity index (χ1n) is 7.11. The highest BCUT2D eigenvalue weighted by molar-refractivity contribution is 7.90. The zero-order chi connectivity index (χ0) is 16.2. The summed E-state index contributed by atoms with van der Waals surface area (Å²) in [7, 11) is -7.18. The van der Waals surface area contributed by atoms with E-state index < -0.39 is 20.0 Å². The third-order valence-corrected chi connectivity index (χ3v) is 7.05. The predicted octanol–water partition coefficient (Wildman–Crippen LogP) is 0.140. The Bertz CT molecular complexity index is 695. The fourth-order valence-corrected chi connectivity index (χ4v) is 5.35. The Morgan fingerprint density at radius 2 is 1.83 bits per heavy atom. The molecular formula is C13H22ClN3O4S2. The Hall–Kier alpha value is -0.710. The summed E-state index contributed by atoms with van der Waals surface area (Å²) in [5.41, 5.74) is 5.58. The summed E-state index contributed by atoms with van der Waals surface area (Å²) in [6.45, 7) is 0.581. The number of hydrogen-bond acceptors (Lipinski definition) is 5. The fourth-order valence-electron chi connectivity index (χ4n) is 2.52. The number of rotatable bonds is 7. The van der Waals surface area contributed by atoms with E-state index in [1.54, 1.807) is 18.2 Å². The van der Waals surface area contributed by atoms with Gasteiger partial charge in [-0.2, -0.15) is 4.31 Å². The Kier molecular flexibility index (Phi) is 7.43. The summed E-state index contributed by atoms with van der Waals surface area (Å²) < 4.78 is 52.3. The van der Waals surface area contributed by atoms with E-state index in [0.29, 0.717) is 6.54 Å². The molecule has 132 valence electrons. The van der Waals surface area contributed by atoms with Gasteiger partial charge in [0.15, 0.2) is 0 Å². The van der Waals surface area contributed by atoms with Gasteiger partial charge in [-0.15, -0.1) is 12.4 Å². The van der Waals surface area contributed by atoms with Crippen molar-refractivity contribution in [3.05, 3.63) is 30.3 Å². The number of sulfonamides is 2. The number of hydrogen-bond donors (Lipinski definition) is 2. The van der Waals surface area contributed by atoms with E-state index in [1.807, 2.05) is 0 Å². The zero-order valence-electron chi connectivity index (χ0n) is 12.6. The SMILES string of the molecule is Cl.NCC1CCCN1S(=O)(=O)CCNS(=O)(=O)c1ccccc1. The highest BCUT2D eigenvalue weighted by Crippen LogP contribution is 2.20. The second kappa shape index (κ2) is 8.41. The molecule has 0 spiro atoms. The smallest absolute Gasteiger partial charge is 0.240 e. The molecule has 3 N–H and O–H groups in total. The van der Waals surface area contributed by atoms with Crippen LogP contribution in [0.15, 0.2) is 35.2 Å². The van der Waals surface area contributed by atoms with E-state index in [4.69, 9.17) is 5.73 Å². The van der Waals surface area contributed by atoms with Crippen LogP contribution in [0.25, 0.3) is 0 Å². The molecule has 1 saturated heterocycles. The van der Waals surface area contributed by atoms with E-state index in [0.717, 1.165) is 12.8 Å². The van der Waals surface area contributed by atoms with Gasteiger partial charge in [-0.05, 0) is 25.0 Å². The van der Waals surface area contributed by atoms with E-state index in [2.05, 4.69) is 4.72 Å². The highest BCUT2D eigenvalue weighted by atomic mass is 35.5. The summed E-state index contributed by atoms with van der Waals surface area (Å²) in [6, 6.07) is 7.69. The second-order valence-electron chi connectivity index (χ2n) is 5.17. The maximum Gasteiger partial charge on any atom is 0.240 e. The van der Waals surface area contributed by atoms with E-state index in [-0.39, 0.29) is 42.2 Å². The molecule has 0 amide bonds. The lowest BCUT2D eigenvalue weighted by Gasteiger charge is -2.22. The van der Waals surface area contributed by atoms with Crippen LogP contribution in [0.3, 0.4) is 0 Å². The average Bonchev–Trinajstić information content (AvgIpc) is 2.97. The van der Waals surface area contributed by atoms with Gasteiger partial charge in [0.05, 0.1) is 10.6 Å². The van der Waals surface area contributed by atoms with E-state index in [1.165, 1.54) is 16.4 Å². The number of nitrogens with zero attached hydrogens (tertiary/aromatic N) is 1. The summed E-state index contributed by atoms with van der Waals surface area (Å²) in [5, 5.41) is 0. The van der Waals surface area contributed by atoms with Gasteiger partial charge in [-0.1, -0.05) is 18.2 Å². The van der Waals surface area contributed by atoms with Gasteiger partial charge in [0, 0.05) is 25.7 Å².